The van der Waals surface area contributed by atoms with Crippen molar-refractivity contribution < 1.29 is 0 Å². The molecule has 1 heteroatoms. The Kier molecular flexibility index (Phi) is 5.36. The molecule has 0 bridgehead atoms. The van der Waals surface area contributed by atoms with Gasteiger partial charge in [0.15, 0.2) is 0 Å². The van der Waals surface area contributed by atoms with Crippen LogP contribution in [0.15, 0.2) is 28.3 Å². The highest BCUT2D eigenvalue weighted by atomic mass is 14.7. The molecule has 0 atom stereocenters. The monoisotopic (exact) mass is 179 g/mol. The van der Waals surface area contributed by atoms with Crippen LogP contribution in [0, 0.1) is 0 Å². The Bertz CT molecular complexity index is 244. The minimum Gasteiger partial charge on any atom is -0.293 e. The molecular formula is C12H21N. The normalized spacial score (nSPS) is 14.1. The second kappa shape index (κ2) is 5.74. The minimum absolute atomic E-state index is 1.01. The highest BCUT2D eigenvalue weighted by Crippen LogP contribution is 2.16. The van der Waals surface area contributed by atoms with E-state index in [4.69, 9.17) is 0 Å². The van der Waals surface area contributed by atoms with Crippen LogP contribution in [-0.4, -0.2) is 12.8 Å². The summed E-state index contributed by atoms with van der Waals surface area (Å²) in [5.74, 6) is 0. The topological polar surface area (TPSA) is 12.4 Å². The van der Waals surface area contributed by atoms with E-state index >= 15 is 0 Å². The van der Waals surface area contributed by atoms with Crippen LogP contribution in [0.2, 0.25) is 0 Å². The molecule has 0 saturated heterocycles. The fraction of sp³-hybridized carbons (Fsp3) is 0.583. The number of hydrogen-bond acceptors (Lipinski definition) is 1. The lowest BCUT2D eigenvalue weighted by Gasteiger charge is -2.08. The van der Waals surface area contributed by atoms with E-state index < -0.39 is 0 Å². The van der Waals surface area contributed by atoms with Crippen molar-refractivity contribution in [3.63, 3.8) is 0 Å². The van der Waals surface area contributed by atoms with Crippen LogP contribution in [0.5, 0.6) is 0 Å². The molecule has 0 spiro atoms. The Morgan fingerprint density at radius 2 is 1.77 bits per heavy atom. The number of hydrogen-bond donors (Lipinski definition) is 0. The Hall–Kier alpha value is -0.850. The van der Waals surface area contributed by atoms with Gasteiger partial charge in [0.25, 0.3) is 0 Å². The molecule has 1 nitrogen and oxygen atoms in total. The first-order valence-corrected chi connectivity index (χ1v) is 4.79. The van der Waals surface area contributed by atoms with Gasteiger partial charge in [-0.1, -0.05) is 24.6 Å². The standard InChI is InChI=1S/C12H21N/c1-7-9(2)8-10(3)11(4)12(5)13-6/h2,7-8H2,1,3-6H3. The summed E-state index contributed by atoms with van der Waals surface area (Å²) in [6, 6.07) is 0. The summed E-state index contributed by atoms with van der Waals surface area (Å²) in [4.78, 5) is 4.17. The van der Waals surface area contributed by atoms with E-state index in [2.05, 4.69) is 32.3 Å². The van der Waals surface area contributed by atoms with E-state index in [-0.39, 0.29) is 0 Å². The van der Waals surface area contributed by atoms with Gasteiger partial charge in [-0.05, 0) is 39.2 Å². The lowest BCUT2D eigenvalue weighted by Crippen LogP contribution is -1.97. The highest BCUT2D eigenvalue weighted by Gasteiger charge is 2.01. The maximum absolute atomic E-state index is 4.17. The largest absolute Gasteiger partial charge is 0.293 e. The van der Waals surface area contributed by atoms with Gasteiger partial charge in [0.2, 0.25) is 0 Å². The van der Waals surface area contributed by atoms with Crippen molar-refractivity contribution in [3.8, 4) is 0 Å². The zero-order chi connectivity index (χ0) is 10.4. The number of aliphatic imine (C=N–C) groups is 1. The first-order chi connectivity index (χ1) is 6.02. The van der Waals surface area contributed by atoms with E-state index in [1.54, 1.807) is 0 Å². The zero-order valence-electron chi connectivity index (χ0n) is 9.57. The van der Waals surface area contributed by atoms with E-state index in [1.807, 2.05) is 14.0 Å². The lowest BCUT2D eigenvalue weighted by atomic mass is 9.99. The Morgan fingerprint density at radius 3 is 2.15 bits per heavy atom. The quantitative estimate of drug-likeness (QED) is 0.460. The van der Waals surface area contributed by atoms with Crippen molar-refractivity contribution in [2.45, 2.75) is 40.5 Å². The molecule has 0 aromatic carbocycles. The third kappa shape index (κ3) is 4.07. The summed E-state index contributed by atoms with van der Waals surface area (Å²) in [6.07, 6.45) is 2.07. The maximum atomic E-state index is 4.17. The first kappa shape index (κ1) is 12.2. The summed E-state index contributed by atoms with van der Waals surface area (Å²) < 4.78 is 0. The predicted octanol–water partition coefficient (Wildman–Crippen LogP) is 3.77. The van der Waals surface area contributed by atoms with Gasteiger partial charge in [-0.2, -0.15) is 0 Å². The van der Waals surface area contributed by atoms with Crippen molar-refractivity contribution in [3.05, 3.63) is 23.3 Å². The molecule has 0 aliphatic rings. The molecule has 0 N–H and O–H groups in total. The summed E-state index contributed by atoms with van der Waals surface area (Å²) in [5, 5.41) is 0. The predicted molar refractivity (Wildman–Crippen MR) is 61.5 cm³/mol. The number of rotatable bonds is 4. The fourth-order valence-corrected chi connectivity index (χ4v) is 1.11. The van der Waals surface area contributed by atoms with E-state index in [9.17, 15) is 0 Å². The van der Waals surface area contributed by atoms with Gasteiger partial charge >= 0.3 is 0 Å². The van der Waals surface area contributed by atoms with Gasteiger partial charge in [-0.15, -0.1) is 0 Å². The van der Waals surface area contributed by atoms with Crippen molar-refractivity contribution in [1.29, 1.82) is 0 Å². The van der Waals surface area contributed by atoms with Gasteiger partial charge in [0.05, 0.1) is 0 Å². The van der Waals surface area contributed by atoms with Crippen molar-refractivity contribution >= 4 is 5.71 Å². The van der Waals surface area contributed by atoms with Crippen LogP contribution in [0.4, 0.5) is 0 Å². The number of allylic oxidation sites excluding steroid dienone is 3. The van der Waals surface area contributed by atoms with Crippen LogP contribution in [0.25, 0.3) is 0 Å². The van der Waals surface area contributed by atoms with Gasteiger partial charge in [0, 0.05) is 12.8 Å². The third-order valence-electron chi connectivity index (χ3n) is 2.53. The van der Waals surface area contributed by atoms with Crippen LogP contribution in [0.1, 0.15) is 40.5 Å². The number of nitrogens with zero attached hydrogens (tertiary/aromatic N) is 1. The molecule has 74 valence electrons. The van der Waals surface area contributed by atoms with Gasteiger partial charge < -0.3 is 0 Å². The molecular weight excluding hydrogens is 158 g/mol. The second-order valence-corrected chi connectivity index (χ2v) is 3.49. The highest BCUT2D eigenvalue weighted by molar-refractivity contribution is 5.98. The average Bonchev–Trinajstić information content (AvgIpc) is 2.14. The zero-order valence-corrected chi connectivity index (χ0v) is 9.57. The molecule has 0 aromatic rings. The molecule has 0 aliphatic heterocycles. The van der Waals surface area contributed by atoms with Crippen LogP contribution in [-0.2, 0) is 0 Å². The summed E-state index contributed by atoms with van der Waals surface area (Å²) in [7, 11) is 1.83. The second-order valence-electron chi connectivity index (χ2n) is 3.49. The SMILES string of the molecule is C=C(CC)CC(C)=C(C)C(C)=NC. The molecule has 0 radical (unpaired) electrons. The van der Waals surface area contributed by atoms with E-state index in [1.165, 1.54) is 16.7 Å². The molecule has 0 saturated carbocycles. The van der Waals surface area contributed by atoms with Crippen molar-refractivity contribution in [2.75, 3.05) is 7.05 Å². The molecule has 13 heavy (non-hydrogen) atoms. The summed E-state index contributed by atoms with van der Waals surface area (Å²) >= 11 is 0. The van der Waals surface area contributed by atoms with Gasteiger partial charge in [0.1, 0.15) is 0 Å². The molecule has 0 fully saturated rings. The van der Waals surface area contributed by atoms with Crippen LogP contribution < -0.4 is 0 Å². The van der Waals surface area contributed by atoms with E-state index in [0.717, 1.165) is 18.6 Å². The Morgan fingerprint density at radius 1 is 1.23 bits per heavy atom. The fourth-order valence-electron chi connectivity index (χ4n) is 1.11. The van der Waals surface area contributed by atoms with Gasteiger partial charge in [-0.25, -0.2) is 0 Å². The van der Waals surface area contributed by atoms with Crippen LogP contribution in [0.3, 0.4) is 0 Å². The van der Waals surface area contributed by atoms with Crippen molar-refractivity contribution in [2.24, 2.45) is 4.99 Å². The molecule has 0 aromatic heterocycles. The first-order valence-electron chi connectivity index (χ1n) is 4.79. The molecule has 0 heterocycles. The smallest absolute Gasteiger partial charge is 0.0342 e. The van der Waals surface area contributed by atoms with E-state index in [0.29, 0.717) is 0 Å². The van der Waals surface area contributed by atoms with Crippen molar-refractivity contribution in [1.82, 2.24) is 0 Å². The average molecular weight is 179 g/mol. The minimum atomic E-state index is 1.01. The molecule has 0 amide bonds. The summed E-state index contributed by atoms with van der Waals surface area (Å²) in [5.41, 5.74) is 5.11. The molecule has 0 unspecified atom stereocenters. The third-order valence-corrected chi connectivity index (χ3v) is 2.53. The van der Waals surface area contributed by atoms with Gasteiger partial charge in [-0.3, -0.25) is 4.99 Å². The Labute approximate surface area is 82.3 Å². The molecule has 0 aliphatic carbocycles. The summed E-state index contributed by atoms with van der Waals surface area (Å²) in [6.45, 7) is 12.5. The molecule has 0 rings (SSSR count). The Balaban J connectivity index is 4.54. The maximum Gasteiger partial charge on any atom is 0.0342 e. The van der Waals surface area contributed by atoms with Crippen LogP contribution >= 0.6 is 0 Å². The lowest BCUT2D eigenvalue weighted by molar-refractivity contribution is 0.989.